The average molecular weight is 598 g/mol. The van der Waals surface area contributed by atoms with Crippen molar-refractivity contribution in [3.63, 3.8) is 0 Å². The first-order valence-electron chi connectivity index (χ1n) is 11.6. The summed E-state index contributed by atoms with van der Waals surface area (Å²) in [5.41, 5.74) is -2.89. The molecule has 7 nitrogen and oxygen atoms in total. The Labute approximate surface area is 231 Å². The van der Waals surface area contributed by atoms with Crippen LogP contribution in [0.5, 0.6) is 0 Å². The van der Waals surface area contributed by atoms with Gasteiger partial charge in [-0.3, -0.25) is 10.1 Å². The van der Waals surface area contributed by atoms with Crippen molar-refractivity contribution in [2.75, 3.05) is 10.6 Å². The van der Waals surface area contributed by atoms with Crippen LogP contribution in [0.4, 0.5) is 46.3 Å². The van der Waals surface area contributed by atoms with Gasteiger partial charge in [0.25, 0.3) is 0 Å². The zero-order chi connectivity index (χ0) is 29.8. The fourth-order valence-electron chi connectivity index (χ4n) is 3.59. The van der Waals surface area contributed by atoms with E-state index in [0.29, 0.717) is 28.3 Å². The van der Waals surface area contributed by atoms with E-state index in [1.54, 1.807) is 30.3 Å². The van der Waals surface area contributed by atoms with E-state index >= 15 is 0 Å². The summed E-state index contributed by atoms with van der Waals surface area (Å²) in [6, 6.07) is 11.8. The second-order valence-corrected chi connectivity index (χ2v) is 9.52. The lowest BCUT2D eigenvalue weighted by molar-refractivity contribution is -0.143. The van der Waals surface area contributed by atoms with Gasteiger partial charge in [0.2, 0.25) is 11.0 Å². The molecule has 3 aromatic carbocycles. The number of carbonyl (C=O) groups is 2. The average Bonchev–Trinajstić information content (AvgIpc) is 3.36. The van der Waals surface area contributed by atoms with Crippen molar-refractivity contribution in [2.24, 2.45) is 0 Å². The van der Waals surface area contributed by atoms with Gasteiger partial charge in [-0.25, -0.2) is 9.18 Å². The Hall–Kier alpha value is -4.53. The summed E-state index contributed by atoms with van der Waals surface area (Å²) in [5.74, 6) is -1.24. The van der Waals surface area contributed by atoms with Gasteiger partial charge in [-0.15, -0.1) is 10.2 Å². The number of anilines is 2. The van der Waals surface area contributed by atoms with Crippen LogP contribution in [0.15, 0.2) is 72.8 Å². The van der Waals surface area contributed by atoms with Crippen molar-refractivity contribution in [1.29, 1.82) is 0 Å². The summed E-state index contributed by atoms with van der Waals surface area (Å²) in [7, 11) is 0. The molecule has 4 rings (SSSR count). The number of urea groups is 1. The van der Waals surface area contributed by atoms with Crippen molar-refractivity contribution >= 4 is 34.1 Å². The first-order valence-corrected chi connectivity index (χ1v) is 12.4. The van der Waals surface area contributed by atoms with Crippen molar-refractivity contribution < 1.29 is 40.3 Å². The SMILES string of the molecule is O=C(Nc1cc(C(F)(F)F)cc(C(F)(F)F)c1)NC(Cc1ccccc1)C(=O)Nc1nnc(-c2ccc(F)cc2)s1. The molecule has 4 aromatic rings. The molecule has 3 amide bonds. The van der Waals surface area contributed by atoms with Crippen LogP contribution < -0.4 is 16.0 Å². The number of rotatable bonds is 7. The molecule has 0 saturated heterocycles. The lowest BCUT2D eigenvalue weighted by atomic mass is 10.1. The number of hydrogen-bond donors (Lipinski definition) is 3. The molecule has 41 heavy (non-hydrogen) atoms. The minimum absolute atomic E-state index is 0.0299. The Balaban J connectivity index is 1.53. The van der Waals surface area contributed by atoms with Gasteiger partial charge >= 0.3 is 18.4 Å². The number of hydrogen-bond acceptors (Lipinski definition) is 5. The molecule has 214 valence electrons. The van der Waals surface area contributed by atoms with Crippen molar-refractivity contribution in [3.8, 4) is 10.6 Å². The molecule has 1 atom stereocenters. The monoisotopic (exact) mass is 597 g/mol. The van der Waals surface area contributed by atoms with E-state index in [9.17, 15) is 40.3 Å². The minimum atomic E-state index is -5.11. The molecule has 0 fully saturated rings. The van der Waals surface area contributed by atoms with Crippen LogP contribution in [0.1, 0.15) is 16.7 Å². The van der Waals surface area contributed by atoms with Crippen LogP contribution >= 0.6 is 11.3 Å². The lowest BCUT2D eigenvalue weighted by Crippen LogP contribution is -2.47. The van der Waals surface area contributed by atoms with Gasteiger partial charge in [-0.2, -0.15) is 26.3 Å². The highest BCUT2D eigenvalue weighted by Crippen LogP contribution is 2.37. The van der Waals surface area contributed by atoms with E-state index in [-0.39, 0.29) is 17.6 Å². The predicted molar refractivity (Wildman–Crippen MR) is 136 cm³/mol. The van der Waals surface area contributed by atoms with Crippen molar-refractivity contribution in [2.45, 2.75) is 24.8 Å². The molecule has 3 N–H and O–H groups in total. The number of halogens is 7. The van der Waals surface area contributed by atoms with Crippen LogP contribution in [0.3, 0.4) is 0 Å². The summed E-state index contributed by atoms with van der Waals surface area (Å²) >= 11 is 0.955. The van der Waals surface area contributed by atoms with Gasteiger partial charge in [0, 0.05) is 17.7 Å². The molecule has 0 saturated carbocycles. The highest BCUT2D eigenvalue weighted by molar-refractivity contribution is 7.18. The van der Waals surface area contributed by atoms with E-state index in [4.69, 9.17) is 0 Å². The van der Waals surface area contributed by atoms with E-state index in [1.165, 1.54) is 24.3 Å². The quantitative estimate of drug-likeness (QED) is 0.205. The Morgan fingerprint density at radius 2 is 1.41 bits per heavy atom. The molecular weight excluding hydrogens is 579 g/mol. The zero-order valence-corrected chi connectivity index (χ0v) is 21.3. The van der Waals surface area contributed by atoms with Gasteiger partial charge in [0.1, 0.15) is 16.9 Å². The maximum Gasteiger partial charge on any atom is 0.416 e. The Kier molecular flexibility index (Phi) is 8.56. The maximum atomic E-state index is 13.2. The molecule has 0 aliphatic carbocycles. The highest BCUT2D eigenvalue weighted by Gasteiger charge is 2.37. The van der Waals surface area contributed by atoms with Gasteiger partial charge < -0.3 is 10.6 Å². The first kappa shape index (κ1) is 29.5. The number of nitrogens with zero attached hydrogens (tertiary/aromatic N) is 2. The first-order chi connectivity index (χ1) is 19.3. The molecule has 0 spiro atoms. The second-order valence-electron chi connectivity index (χ2n) is 8.54. The molecule has 1 unspecified atom stereocenters. The third kappa shape index (κ3) is 8.00. The highest BCUT2D eigenvalue weighted by atomic mass is 32.1. The normalized spacial score (nSPS) is 12.5. The zero-order valence-electron chi connectivity index (χ0n) is 20.5. The third-order valence-corrected chi connectivity index (χ3v) is 6.38. The van der Waals surface area contributed by atoms with E-state index in [0.717, 1.165) is 11.3 Å². The third-order valence-electron chi connectivity index (χ3n) is 5.50. The Bertz CT molecular complexity index is 1490. The number of nitrogens with one attached hydrogen (secondary N) is 3. The molecule has 1 heterocycles. The van der Waals surface area contributed by atoms with Crippen molar-refractivity contribution in [1.82, 2.24) is 15.5 Å². The minimum Gasteiger partial charge on any atom is -0.326 e. The number of carbonyl (C=O) groups excluding carboxylic acids is 2. The van der Waals surface area contributed by atoms with E-state index < -0.39 is 53.0 Å². The van der Waals surface area contributed by atoms with Gasteiger partial charge in [0.05, 0.1) is 11.1 Å². The summed E-state index contributed by atoms with van der Waals surface area (Å²) in [4.78, 5) is 25.8. The van der Waals surface area contributed by atoms with Crippen LogP contribution in [-0.2, 0) is 23.6 Å². The van der Waals surface area contributed by atoms with Crippen LogP contribution in [0.25, 0.3) is 10.6 Å². The molecule has 1 aromatic heterocycles. The summed E-state index contributed by atoms with van der Waals surface area (Å²) in [6.45, 7) is 0. The Morgan fingerprint density at radius 1 is 0.805 bits per heavy atom. The summed E-state index contributed by atoms with van der Waals surface area (Å²) < 4.78 is 92.4. The Morgan fingerprint density at radius 3 is 2.00 bits per heavy atom. The predicted octanol–water partition coefficient (Wildman–Crippen LogP) is 6.75. The van der Waals surface area contributed by atoms with Crippen LogP contribution in [0.2, 0.25) is 0 Å². The standard InChI is InChI=1S/C26H18F7N5O2S/c27-18-8-6-15(7-9-18)22-37-38-24(41-22)36-21(39)20(10-14-4-2-1-3-5-14)35-23(40)34-19-12-16(25(28,29)30)11-17(13-19)26(31,32)33/h1-9,11-13,20H,10H2,(H2,34,35,40)(H,36,38,39). The van der Waals surface area contributed by atoms with Crippen LogP contribution in [0, 0.1) is 5.82 Å². The summed E-state index contributed by atoms with van der Waals surface area (Å²) in [6.07, 6.45) is -10.3. The second kappa shape index (κ2) is 11.9. The molecule has 0 radical (unpaired) electrons. The fraction of sp³-hybridized carbons (Fsp3) is 0.154. The molecule has 15 heteroatoms. The molecule has 0 aliphatic heterocycles. The number of benzene rings is 3. The van der Waals surface area contributed by atoms with Gasteiger partial charge in [-0.1, -0.05) is 41.7 Å². The number of amides is 3. The molecule has 0 bridgehead atoms. The van der Waals surface area contributed by atoms with Gasteiger partial charge in [-0.05, 0) is 48.0 Å². The van der Waals surface area contributed by atoms with Gasteiger partial charge in [0.15, 0.2) is 0 Å². The summed E-state index contributed by atoms with van der Waals surface area (Å²) in [5, 5.41) is 14.9. The molecule has 0 aliphatic rings. The molecular formula is C26H18F7N5O2S. The lowest BCUT2D eigenvalue weighted by Gasteiger charge is -2.19. The maximum absolute atomic E-state index is 13.2. The van der Waals surface area contributed by atoms with E-state index in [1.807, 2.05) is 5.32 Å². The van der Waals surface area contributed by atoms with Crippen LogP contribution in [-0.4, -0.2) is 28.2 Å². The van der Waals surface area contributed by atoms with E-state index in [2.05, 4.69) is 20.8 Å². The smallest absolute Gasteiger partial charge is 0.326 e. The largest absolute Gasteiger partial charge is 0.416 e. The topological polar surface area (TPSA) is 96.0 Å². The number of aromatic nitrogens is 2. The number of alkyl halides is 6. The van der Waals surface area contributed by atoms with Crippen molar-refractivity contribution in [3.05, 3.63) is 95.3 Å². The fourth-order valence-corrected chi connectivity index (χ4v) is 4.34.